The molecule has 1 aromatic carbocycles. The second kappa shape index (κ2) is 8.69. The molecule has 2 aliphatic heterocycles. The van der Waals surface area contributed by atoms with Crippen molar-refractivity contribution in [2.45, 2.75) is 45.4 Å². The van der Waals surface area contributed by atoms with Gasteiger partial charge in [-0.2, -0.15) is 0 Å². The fourth-order valence-corrected chi connectivity index (χ4v) is 5.20. The van der Waals surface area contributed by atoms with Crippen molar-refractivity contribution in [1.82, 2.24) is 9.80 Å². The van der Waals surface area contributed by atoms with E-state index in [-0.39, 0.29) is 41.9 Å². The van der Waals surface area contributed by atoms with Crippen molar-refractivity contribution in [3.63, 3.8) is 0 Å². The molecule has 2 unspecified atom stereocenters. The maximum absolute atomic E-state index is 15.1. The number of likely N-dealkylation sites (tertiary alicyclic amines) is 2. The molecule has 0 spiro atoms. The molecular weight excluding hydrogens is 405 g/mol. The van der Waals surface area contributed by atoms with Crippen molar-refractivity contribution in [1.29, 1.82) is 0 Å². The van der Waals surface area contributed by atoms with E-state index in [2.05, 4.69) is 0 Å². The van der Waals surface area contributed by atoms with Crippen LogP contribution in [-0.4, -0.2) is 52.7 Å². The summed E-state index contributed by atoms with van der Waals surface area (Å²) in [5, 5.41) is 9.56. The van der Waals surface area contributed by atoms with Gasteiger partial charge in [-0.25, -0.2) is 13.2 Å². The first kappa shape index (κ1) is 21.9. The normalized spacial score (nSPS) is 32.2. The number of piperidine rings is 1. The van der Waals surface area contributed by atoms with Crippen molar-refractivity contribution in [3.05, 3.63) is 58.9 Å². The van der Waals surface area contributed by atoms with Gasteiger partial charge in [0, 0.05) is 25.6 Å². The minimum Gasteiger partial charge on any atom is -0.505 e. The van der Waals surface area contributed by atoms with Crippen LogP contribution in [0.1, 0.15) is 30.9 Å². The summed E-state index contributed by atoms with van der Waals surface area (Å²) in [5.41, 5.74) is 1.31. The molecule has 31 heavy (non-hydrogen) atoms. The van der Waals surface area contributed by atoms with Crippen LogP contribution in [0.2, 0.25) is 0 Å². The maximum atomic E-state index is 15.1. The predicted molar refractivity (Wildman–Crippen MR) is 112 cm³/mol. The number of aliphatic hydroxyl groups is 1. The number of benzene rings is 1. The molecule has 7 heteroatoms. The first-order chi connectivity index (χ1) is 14.8. The van der Waals surface area contributed by atoms with E-state index in [9.17, 15) is 18.7 Å². The number of hydrogen-bond acceptors (Lipinski definition) is 3. The van der Waals surface area contributed by atoms with E-state index >= 15 is 4.39 Å². The average molecular weight is 435 g/mol. The van der Waals surface area contributed by atoms with Gasteiger partial charge in [-0.05, 0) is 61.4 Å². The Labute approximate surface area is 181 Å². The molecule has 1 aliphatic carbocycles. The lowest BCUT2D eigenvalue weighted by atomic mass is 9.74. The summed E-state index contributed by atoms with van der Waals surface area (Å²) in [5.74, 6) is -2.49. The van der Waals surface area contributed by atoms with Gasteiger partial charge in [-0.3, -0.25) is 9.69 Å². The Balaban J connectivity index is 1.37. The molecule has 4 nitrogen and oxygen atoms in total. The van der Waals surface area contributed by atoms with Crippen LogP contribution < -0.4 is 0 Å². The van der Waals surface area contributed by atoms with Gasteiger partial charge in [0.05, 0.1) is 6.04 Å². The number of carbonyl (C=O) groups excluding carboxylic acids is 1. The largest absolute Gasteiger partial charge is 0.505 e. The summed E-state index contributed by atoms with van der Waals surface area (Å²) >= 11 is 0. The van der Waals surface area contributed by atoms with E-state index in [1.165, 1.54) is 12.1 Å². The molecule has 0 aromatic heterocycles. The molecule has 5 atom stereocenters. The molecule has 168 valence electrons. The minimum atomic E-state index is -1.17. The molecule has 3 aliphatic rings. The van der Waals surface area contributed by atoms with Crippen LogP contribution in [0.4, 0.5) is 13.2 Å². The molecule has 2 saturated heterocycles. The number of nitrogens with zero attached hydrogens (tertiary/aromatic N) is 2. The van der Waals surface area contributed by atoms with Crippen LogP contribution in [-0.2, 0) is 11.3 Å². The topological polar surface area (TPSA) is 43.8 Å². The van der Waals surface area contributed by atoms with Gasteiger partial charge >= 0.3 is 0 Å². The van der Waals surface area contributed by atoms with Crippen molar-refractivity contribution in [2.75, 3.05) is 19.6 Å². The third kappa shape index (κ3) is 4.25. The van der Waals surface area contributed by atoms with E-state index in [0.717, 1.165) is 5.56 Å². The summed E-state index contributed by atoms with van der Waals surface area (Å²) in [6.07, 6.45) is 3.01. The summed E-state index contributed by atoms with van der Waals surface area (Å²) in [6, 6.07) is 4.63. The summed E-state index contributed by atoms with van der Waals surface area (Å²) in [4.78, 5) is 16.6. The first-order valence-electron chi connectivity index (χ1n) is 10.9. The molecule has 2 fully saturated rings. The Morgan fingerprint density at radius 2 is 1.97 bits per heavy atom. The number of amides is 1. The number of aryl methyl sites for hydroxylation is 1. The third-order valence-electron chi connectivity index (χ3n) is 7.14. The molecular formula is C24H29F3N2O2. The van der Waals surface area contributed by atoms with E-state index in [4.69, 9.17) is 0 Å². The van der Waals surface area contributed by atoms with E-state index in [1.807, 2.05) is 11.0 Å². The molecule has 2 heterocycles. The molecule has 1 amide bonds. The number of hydrogen-bond donors (Lipinski definition) is 1. The lowest BCUT2D eigenvalue weighted by Crippen LogP contribution is -2.51. The van der Waals surface area contributed by atoms with Crippen LogP contribution in [0.5, 0.6) is 0 Å². The van der Waals surface area contributed by atoms with Gasteiger partial charge in [0.1, 0.15) is 23.6 Å². The molecule has 1 aromatic rings. The van der Waals surface area contributed by atoms with Crippen molar-refractivity contribution >= 4 is 5.91 Å². The number of halogens is 3. The molecule has 4 rings (SSSR count). The molecule has 0 radical (unpaired) electrons. The predicted octanol–water partition coefficient (Wildman–Crippen LogP) is 4.46. The van der Waals surface area contributed by atoms with Crippen molar-refractivity contribution in [2.24, 2.45) is 17.8 Å². The summed E-state index contributed by atoms with van der Waals surface area (Å²) in [7, 11) is 0. The van der Waals surface area contributed by atoms with Gasteiger partial charge in [0.2, 0.25) is 5.91 Å². The van der Waals surface area contributed by atoms with E-state index in [1.54, 1.807) is 30.9 Å². The third-order valence-corrected chi connectivity index (χ3v) is 7.14. The number of aliphatic hydroxyl groups excluding tert-OH is 1. The fraction of sp³-hybridized carbons (Fsp3) is 0.542. The van der Waals surface area contributed by atoms with Gasteiger partial charge in [-0.1, -0.05) is 25.1 Å². The molecule has 0 bridgehead atoms. The quantitative estimate of drug-likeness (QED) is 0.761. The smallest absolute Gasteiger partial charge is 0.240 e. The highest BCUT2D eigenvalue weighted by molar-refractivity contribution is 5.84. The number of rotatable bonds is 4. The van der Waals surface area contributed by atoms with Gasteiger partial charge < -0.3 is 10.0 Å². The highest BCUT2D eigenvalue weighted by Gasteiger charge is 2.43. The maximum Gasteiger partial charge on any atom is 0.240 e. The number of alkyl halides is 1. The lowest BCUT2D eigenvalue weighted by molar-refractivity contribution is -0.133. The SMILES string of the molecule is Cc1ccc(CN2CC[C@H](N3CC[C@@H](C4C=CC(O)=C(F)C4C)[C@H](F)C3)C2=O)cc1F. The van der Waals surface area contributed by atoms with Gasteiger partial charge in [0.15, 0.2) is 0 Å². The Morgan fingerprint density at radius 1 is 1.19 bits per heavy atom. The average Bonchev–Trinajstić information content (AvgIpc) is 3.10. The summed E-state index contributed by atoms with van der Waals surface area (Å²) < 4.78 is 43.1. The second-order valence-corrected chi connectivity index (χ2v) is 9.07. The Kier molecular flexibility index (Phi) is 6.15. The Bertz CT molecular complexity index is 916. The van der Waals surface area contributed by atoms with Crippen LogP contribution in [0.25, 0.3) is 0 Å². The van der Waals surface area contributed by atoms with E-state index < -0.39 is 17.9 Å². The number of carbonyl (C=O) groups is 1. The van der Waals surface area contributed by atoms with Gasteiger partial charge in [-0.15, -0.1) is 0 Å². The molecule has 0 saturated carbocycles. The molecule has 1 N–H and O–H groups in total. The Morgan fingerprint density at radius 3 is 2.68 bits per heavy atom. The zero-order valence-corrected chi connectivity index (χ0v) is 17.9. The minimum absolute atomic E-state index is 0.0449. The van der Waals surface area contributed by atoms with Crippen LogP contribution in [0.3, 0.4) is 0 Å². The fourth-order valence-electron chi connectivity index (χ4n) is 5.20. The number of allylic oxidation sites excluding steroid dienone is 3. The summed E-state index contributed by atoms with van der Waals surface area (Å²) in [6.45, 7) is 5.00. The van der Waals surface area contributed by atoms with Gasteiger partial charge in [0.25, 0.3) is 0 Å². The lowest BCUT2D eigenvalue weighted by Gasteiger charge is -2.41. The first-order valence-corrected chi connectivity index (χ1v) is 10.9. The van der Waals surface area contributed by atoms with E-state index in [0.29, 0.717) is 38.0 Å². The zero-order valence-electron chi connectivity index (χ0n) is 17.9. The van der Waals surface area contributed by atoms with Crippen LogP contribution >= 0.6 is 0 Å². The zero-order chi connectivity index (χ0) is 22.3. The van der Waals surface area contributed by atoms with Crippen LogP contribution in [0.15, 0.2) is 41.9 Å². The highest BCUT2D eigenvalue weighted by atomic mass is 19.1. The monoisotopic (exact) mass is 434 g/mol. The van der Waals surface area contributed by atoms with Crippen LogP contribution in [0, 0.1) is 30.5 Å². The van der Waals surface area contributed by atoms with Crippen molar-refractivity contribution in [3.8, 4) is 0 Å². The standard InChI is InChI=1S/C24H29F3N2O2/c1-14-3-4-16(11-19(14)25)12-29-10-8-21(24(29)31)28-9-7-18(20(26)13-28)17-5-6-22(30)23(27)15(17)2/h3-6,11,15,17-18,20-21,30H,7-10,12-13H2,1-2H3/t15?,17?,18-,20+,21-/m0/s1. The van der Waals surface area contributed by atoms with Crippen molar-refractivity contribution < 1.29 is 23.1 Å². The highest BCUT2D eigenvalue weighted by Crippen LogP contribution is 2.40. The second-order valence-electron chi connectivity index (χ2n) is 9.07. The Hall–Kier alpha value is -2.28.